The van der Waals surface area contributed by atoms with E-state index < -0.39 is 5.91 Å². The Hall–Kier alpha value is -5.04. The summed E-state index contributed by atoms with van der Waals surface area (Å²) in [6.45, 7) is 3.94. The van der Waals surface area contributed by atoms with E-state index in [0.29, 0.717) is 17.1 Å². The zero-order valence-electron chi connectivity index (χ0n) is 20.4. The molecule has 0 aliphatic carbocycles. The van der Waals surface area contributed by atoms with Gasteiger partial charge in [0, 0.05) is 33.5 Å². The van der Waals surface area contributed by atoms with Gasteiger partial charge in [0.05, 0.1) is 11.2 Å². The molecule has 37 heavy (non-hydrogen) atoms. The number of nitrogens with two attached hydrogens (primary N) is 1. The van der Waals surface area contributed by atoms with Crippen molar-refractivity contribution in [3.05, 3.63) is 113 Å². The molecule has 0 spiro atoms. The van der Waals surface area contributed by atoms with Gasteiger partial charge >= 0.3 is 0 Å². The number of fused-ring (bicyclic) bond motifs is 1. The monoisotopic (exact) mass is 487 g/mol. The maximum Gasteiger partial charge on any atom is 0.255 e. The Balaban J connectivity index is 1.41. The molecule has 0 radical (unpaired) electrons. The van der Waals surface area contributed by atoms with E-state index in [9.17, 15) is 9.59 Å². The Bertz CT molecular complexity index is 1610. The molecule has 0 aliphatic heterocycles. The van der Waals surface area contributed by atoms with Crippen molar-refractivity contribution in [2.45, 2.75) is 13.8 Å². The number of hydrogen-bond acceptors (Lipinski definition) is 5. The minimum absolute atomic E-state index is 0.174. The van der Waals surface area contributed by atoms with E-state index in [0.717, 1.165) is 44.7 Å². The molecule has 7 nitrogen and oxygen atoms in total. The average molecular weight is 488 g/mol. The Kier molecular flexibility index (Phi) is 6.34. The first-order valence-corrected chi connectivity index (χ1v) is 11.8. The number of primary amides is 1. The third kappa shape index (κ3) is 5.01. The molecular weight excluding hydrogens is 462 g/mol. The molecule has 5 aromatic rings. The van der Waals surface area contributed by atoms with E-state index in [2.05, 4.69) is 15.6 Å². The van der Waals surface area contributed by atoms with Crippen LogP contribution in [0, 0.1) is 13.8 Å². The zero-order valence-corrected chi connectivity index (χ0v) is 20.4. The molecular formula is C30H25N5O2. The number of nitrogens with one attached hydrogen (secondary N) is 2. The second kappa shape index (κ2) is 9.91. The molecule has 0 fully saturated rings. The lowest BCUT2D eigenvalue weighted by Gasteiger charge is -2.13. The van der Waals surface area contributed by atoms with E-state index in [1.807, 2.05) is 80.6 Å². The summed E-state index contributed by atoms with van der Waals surface area (Å²) in [7, 11) is 0. The van der Waals surface area contributed by atoms with Crippen LogP contribution >= 0.6 is 0 Å². The first-order chi connectivity index (χ1) is 17.9. The second-order valence-corrected chi connectivity index (χ2v) is 8.78. The van der Waals surface area contributed by atoms with E-state index in [4.69, 9.17) is 10.7 Å². The standard InChI is InChI=1S/C30H25N5O2/c1-18-6-5-7-19(2)26(18)34-29(37)22-14-16-23(17-15-22)32-30-33-25-9-4-3-8-24(25)27(35-30)20-10-12-21(13-11-20)28(31)36/h3-17H,1-2H3,(H2,31,36)(H,34,37)(H,32,33,35). The molecule has 2 amide bonds. The molecule has 4 aromatic carbocycles. The van der Waals surface area contributed by atoms with Gasteiger partial charge in [0.2, 0.25) is 11.9 Å². The molecule has 0 atom stereocenters. The Morgan fingerprint density at radius 1 is 0.730 bits per heavy atom. The maximum atomic E-state index is 12.8. The quantitative estimate of drug-likeness (QED) is 0.272. The highest BCUT2D eigenvalue weighted by atomic mass is 16.2. The van der Waals surface area contributed by atoms with Crippen LogP contribution in [0.1, 0.15) is 31.8 Å². The van der Waals surface area contributed by atoms with Gasteiger partial charge in [-0.15, -0.1) is 0 Å². The highest BCUT2D eigenvalue weighted by Crippen LogP contribution is 2.29. The molecule has 0 saturated carbocycles. The van der Waals surface area contributed by atoms with Gasteiger partial charge in [-0.25, -0.2) is 9.97 Å². The number of carbonyl (C=O) groups is 2. The number of benzene rings is 4. The molecule has 0 aliphatic rings. The first kappa shape index (κ1) is 23.7. The second-order valence-electron chi connectivity index (χ2n) is 8.78. The van der Waals surface area contributed by atoms with Gasteiger partial charge in [0.15, 0.2) is 0 Å². The molecule has 1 aromatic heterocycles. The SMILES string of the molecule is Cc1cccc(C)c1NC(=O)c1ccc(Nc2nc(-c3ccc(C(N)=O)cc3)c3ccccc3n2)cc1. The third-order valence-corrected chi connectivity index (χ3v) is 6.17. The summed E-state index contributed by atoms with van der Waals surface area (Å²) in [6, 6.07) is 27.8. The van der Waals surface area contributed by atoms with E-state index in [-0.39, 0.29) is 5.91 Å². The molecule has 5 rings (SSSR count). The van der Waals surface area contributed by atoms with Crippen molar-refractivity contribution >= 4 is 40.0 Å². The van der Waals surface area contributed by atoms with Crippen LogP contribution < -0.4 is 16.4 Å². The number of para-hydroxylation sites is 2. The Morgan fingerprint density at radius 2 is 1.38 bits per heavy atom. The maximum absolute atomic E-state index is 12.8. The number of carbonyl (C=O) groups excluding carboxylic acids is 2. The lowest BCUT2D eigenvalue weighted by atomic mass is 10.0. The van der Waals surface area contributed by atoms with E-state index in [1.54, 1.807) is 24.3 Å². The normalized spacial score (nSPS) is 10.8. The minimum atomic E-state index is -0.479. The lowest BCUT2D eigenvalue weighted by Crippen LogP contribution is -2.13. The number of amides is 2. The average Bonchev–Trinajstić information content (AvgIpc) is 2.91. The number of rotatable bonds is 6. The van der Waals surface area contributed by atoms with Crippen molar-refractivity contribution in [3.8, 4) is 11.3 Å². The van der Waals surface area contributed by atoms with Crippen LogP contribution in [0.25, 0.3) is 22.2 Å². The van der Waals surface area contributed by atoms with Crippen LogP contribution in [0.5, 0.6) is 0 Å². The molecule has 4 N–H and O–H groups in total. The summed E-state index contributed by atoms with van der Waals surface area (Å²) >= 11 is 0. The predicted octanol–water partition coefficient (Wildman–Crippen LogP) is 6.01. The predicted molar refractivity (Wildman–Crippen MR) is 147 cm³/mol. The molecule has 0 bridgehead atoms. The number of aromatic nitrogens is 2. The van der Waals surface area contributed by atoms with Crippen molar-refractivity contribution in [1.29, 1.82) is 0 Å². The highest BCUT2D eigenvalue weighted by molar-refractivity contribution is 6.05. The number of aryl methyl sites for hydroxylation is 2. The van der Waals surface area contributed by atoms with Crippen molar-refractivity contribution in [1.82, 2.24) is 9.97 Å². The van der Waals surface area contributed by atoms with Gasteiger partial charge in [-0.3, -0.25) is 9.59 Å². The first-order valence-electron chi connectivity index (χ1n) is 11.8. The topological polar surface area (TPSA) is 110 Å². The number of anilines is 3. The molecule has 0 unspecified atom stereocenters. The number of nitrogens with zero attached hydrogens (tertiary/aromatic N) is 2. The van der Waals surface area contributed by atoms with Gasteiger partial charge < -0.3 is 16.4 Å². The van der Waals surface area contributed by atoms with E-state index in [1.165, 1.54) is 0 Å². The van der Waals surface area contributed by atoms with Crippen LogP contribution in [-0.4, -0.2) is 21.8 Å². The fourth-order valence-corrected chi connectivity index (χ4v) is 4.18. The minimum Gasteiger partial charge on any atom is -0.366 e. The van der Waals surface area contributed by atoms with Crippen molar-refractivity contribution < 1.29 is 9.59 Å². The molecule has 1 heterocycles. The summed E-state index contributed by atoms with van der Waals surface area (Å²) in [5, 5.41) is 7.14. The smallest absolute Gasteiger partial charge is 0.255 e. The van der Waals surface area contributed by atoms with Crippen LogP contribution in [0.3, 0.4) is 0 Å². The van der Waals surface area contributed by atoms with Gasteiger partial charge in [-0.1, -0.05) is 48.5 Å². The van der Waals surface area contributed by atoms with Crippen LogP contribution in [-0.2, 0) is 0 Å². The van der Waals surface area contributed by atoms with Crippen molar-refractivity contribution in [2.24, 2.45) is 5.73 Å². The van der Waals surface area contributed by atoms with Crippen LogP contribution in [0.15, 0.2) is 91.0 Å². The summed E-state index contributed by atoms with van der Waals surface area (Å²) < 4.78 is 0. The van der Waals surface area contributed by atoms with Gasteiger partial charge in [-0.2, -0.15) is 0 Å². The summed E-state index contributed by atoms with van der Waals surface area (Å²) in [5.41, 5.74) is 12.3. The van der Waals surface area contributed by atoms with Crippen LogP contribution in [0.2, 0.25) is 0 Å². The van der Waals surface area contributed by atoms with E-state index >= 15 is 0 Å². The highest BCUT2D eigenvalue weighted by Gasteiger charge is 2.13. The zero-order chi connectivity index (χ0) is 25.9. The Morgan fingerprint density at radius 3 is 2.05 bits per heavy atom. The Labute approximate surface area is 214 Å². The summed E-state index contributed by atoms with van der Waals surface area (Å²) in [6.07, 6.45) is 0. The van der Waals surface area contributed by atoms with Crippen LogP contribution in [0.4, 0.5) is 17.3 Å². The van der Waals surface area contributed by atoms with Crippen molar-refractivity contribution in [3.63, 3.8) is 0 Å². The number of hydrogen-bond donors (Lipinski definition) is 3. The fraction of sp³-hybridized carbons (Fsp3) is 0.0667. The van der Waals surface area contributed by atoms with Crippen molar-refractivity contribution in [2.75, 3.05) is 10.6 Å². The lowest BCUT2D eigenvalue weighted by molar-refractivity contribution is 0.0997. The van der Waals surface area contributed by atoms with Gasteiger partial charge in [0.25, 0.3) is 5.91 Å². The molecule has 7 heteroatoms. The molecule has 182 valence electrons. The van der Waals surface area contributed by atoms with Gasteiger partial charge in [0.1, 0.15) is 0 Å². The largest absolute Gasteiger partial charge is 0.366 e. The van der Waals surface area contributed by atoms with Gasteiger partial charge in [-0.05, 0) is 67.4 Å². The summed E-state index contributed by atoms with van der Waals surface area (Å²) in [4.78, 5) is 33.7. The molecule has 0 saturated heterocycles. The third-order valence-electron chi connectivity index (χ3n) is 6.17. The fourth-order valence-electron chi connectivity index (χ4n) is 4.18. The summed E-state index contributed by atoms with van der Waals surface area (Å²) in [5.74, 6) is -0.236.